The molecular formula is C12H17F3N2. The van der Waals surface area contributed by atoms with Gasteiger partial charge in [0.25, 0.3) is 0 Å². The maximum Gasteiger partial charge on any atom is 0.416 e. The highest BCUT2D eigenvalue weighted by Gasteiger charge is 2.29. The molecule has 1 aromatic rings. The Morgan fingerprint density at radius 2 is 1.71 bits per heavy atom. The van der Waals surface area contributed by atoms with Crippen LogP contribution in [0, 0.1) is 0 Å². The van der Waals surface area contributed by atoms with Crippen molar-refractivity contribution in [3.8, 4) is 0 Å². The molecule has 0 spiro atoms. The molecule has 0 heterocycles. The Morgan fingerprint density at radius 1 is 1.06 bits per heavy atom. The van der Waals surface area contributed by atoms with Gasteiger partial charge in [0.2, 0.25) is 0 Å². The van der Waals surface area contributed by atoms with Crippen LogP contribution in [0.5, 0.6) is 0 Å². The monoisotopic (exact) mass is 246 g/mol. The van der Waals surface area contributed by atoms with Crippen LogP contribution in [-0.4, -0.2) is 19.6 Å². The molecule has 0 fully saturated rings. The van der Waals surface area contributed by atoms with Gasteiger partial charge in [0.15, 0.2) is 0 Å². The van der Waals surface area contributed by atoms with Gasteiger partial charge in [0, 0.05) is 12.2 Å². The Morgan fingerprint density at radius 3 is 2.24 bits per heavy atom. The summed E-state index contributed by atoms with van der Waals surface area (Å²) in [5.41, 5.74) is 0.102. The summed E-state index contributed by atoms with van der Waals surface area (Å²) in [5.74, 6) is 0. The molecule has 0 aliphatic rings. The fourth-order valence-corrected chi connectivity index (χ4v) is 1.40. The predicted octanol–water partition coefficient (Wildman–Crippen LogP) is 3.12. The number of halogens is 3. The number of nitrogens with one attached hydrogen (secondary N) is 2. The third kappa shape index (κ3) is 5.08. The molecule has 17 heavy (non-hydrogen) atoms. The van der Waals surface area contributed by atoms with Gasteiger partial charge >= 0.3 is 6.18 Å². The van der Waals surface area contributed by atoms with E-state index in [2.05, 4.69) is 10.6 Å². The second kappa shape index (κ2) is 6.49. The van der Waals surface area contributed by atoms with Crippen LogP contribution < -0.4 is 10.6 Å². The van der Waals surface area contributed by atoms with Crippen molar-refractivity contribution in [2.24, 2.45) is 0 Å². The van der Waals surface area contributed by atoms with Crippen molar-refractivity contribution in [3.63, 3.8) is 0 Å². The summed E-state index contributed by atoms with van der Waals surface area (Å²) in [4.78, 5) is 0. The largest absolute Gasteiger partial charge is 0.416 e. The van der Waals surface area contributed by atoms with E-state index >= 15 is 0 Å². The Kier molecular flexibility index (Phi) is 5.28. The van der Waals surface area contributed by atoms with E-state index in [1.165, 1.54) is 12.1 Å². The number of rotatable bonds is 6. The molecule has 2 nitrogen and oxygen atoms in total. The molecule has 0 aromatic heterocycles. The van der Waals surface area contributed by atoms with Crippen LogP contribution in [-0.2, 0) is 6.18 Å². The molecular weight excluding hydrogens is 229 g/mol. The van der Waals surface area contributed by atoms with E-state index in [0.29, 0.717) is 0 Å². The first-order chi connectivity index (χ1) is 8.04. The van der Waals surface area contributed by atoms with Crippen LogP contribution in [0.2, 0.25) is 0 Å². The fourth-order valence-electron chi connectivity index (χ4n) is 1.40. The van der Waals surface area contributed by atoms with Crippen LogP contribution in [0.1, 0.15) is 18.9 Å². The number of anilines is 1. The van der Waals surface area contributed by atoms with Crippen molar-refractivity contribution >= 4 is 5.69 Å². The second-order valence-electron chi connectivity index (χ2n) is 3.71. The van der Waals surface area contributed by atoms with Crippen LogP contribution in [0.15, 0.2) is 24.3 Å². The first-order valence-corrected chi connectivity index (χ1v) is 5.66. The highest BCUT2D eigenvalue weighted by atomic mass is 19.4. The minimum Gasteiger partial charge on any atom is -0.385 e. The molecule has 0 unspecified atom stereocenters. The normalized spacial score (nSPS) is 11.5. The molecule has 0 amide bonds. The van der Waals surface area contributed by atoms with Gasteiger partial charge in [-0.05, 0) is 43.8 Å². The van der Waals surface area contributed by atoms with Gasteiger partial charge in [-0.2, -0.15) is 13.2 Å². The molecule has 1 aromatic carbocycles. The molecule has 0 saturated carbocycles. The second-order valence-corrected chi connectivity index (χ2v) is 3.71. The van der Waals surface area contributed by atoms with Crippen LogP contribution >= 0.6 is 0 Å². The number of hydrogen-bond acceptors (Lipinski definition) is 2. The highest BCUT2D eigenvalue weighted by molar-refractivity contribution is 5.44. The van der Waals surface area contributed by atoms with E-state index in [-0.39, 0.29) is 0 Å². The van der Waals surface area contributed by atoms with Crippen molar-refractivity contribution < 1.29 is 13.2 Å². The summed E-state index contributed by atoms with van der Waals surface area (Å²) < 4.78 is 36.8. The minimum atomic E-state index is -4.26. The van der Waals surface area contributed by atoms with Crippen molar-refractivity contribution in [1.82, 2.24) is 5.32 Å². The predicted molar refractivity (Wildman–Crippen MR) is 63.1 cm³/mol. The highest BCUT2D eigenvalue weighted by Crippen LogP contribution is 2.29. The Hall–Kier alpha value is -1.23. The molecule has 0 aliphatic heterocycles. The first kappa shape index (κ1) is 13.8. The molecule has 96 valence electrons. The fraction of sp³-hybridized carbons (Fsp3) is 0.500. The summed E-state index contributed by atoms with van der Waals surface area (Å²) in [6.45, 7) is 4.62. The average Bonchev–Trinajstić information content (AvgIpc) is 2.28. The van der Waals surface area contributed by atoms with Gasteiger partial charge in [0.1, 0.15) is 0 Å². The minimum absolute atomic E-state index is 0.615. The lowest BCUT2D eigenvalue weighted by Gasteiger charge is -2.09. The van der Waals surface area contributed by atoms with E-state index < -0.39 is 11.7 Å². The third-order valence-corrected chi connectivity index (χ3v) is 2.32. The number of hydrogen-bond donors (Lipinski definition) is 2. The van der Waals surface area contributed by atoms with E-state index in [9.17, 15) is 13.2 Å². The zero-order valence-corrected chi connectivity index (χ0v) is 9.77. The molecule has 1 rings (SSSR count). The summed E-state index contributed by atoms with van der Waals surface area (Å²) in [6, 6.07) is 5.09. The van der Waals surface area contributed by atoms with E-state index in [0.717, 1.165) is 43.9 Å². The summed E-state index contributed by atoms with van der Waals surface area (Å²) >= 11 is 0. The van der Waals surface area contributed by atoms with Crippen LogP contribution in [0.25, 0.3) is 0 Å². The van der Waals surface area contributed by atoms with E-state index in [1.54, 1.807) is 0 Å². The van der Waals surface area contributed by atoms with Gasteiger partial charge in [0.05, 0.1) is 5.56 Å². The molecule has 0 radical (unpaired) electrons. The van der Waals surface area contributed by atoms with Gasteiger partial charge < -0.3 is 10.6 Å². The lowest BCUT2D eigenvalue weighted by atomic mass is 10.2. The quantitative estimate of drug-likeness (QED) is 0.754. The van der Waals surface area contributed by atoms with Crippen LogP contribution in [0.3, 0.4) is 0 Å². The third-order valence-electron chi connectivity index (χ3n) is 2.32. The molecule has 0 aliphatic carbocycles. The molecule has 0 atom stereocenters. The van der Waals surface area contributed by atoms with Crippen LogP contribution in [0.4, 0.5) is 18.9 Å². The molecule has 0 bridgehead atoms. The van der Waals surface area contributed by atoms with Gasteiger partial charge in [-0.25, -0.2) is 0 Å². The maximum absolute atomic E-state index is 12.3. The van der Waals surface area contributed by atoms with E-state index in [4.69, 9.17) is 0 Å². The van der Waals surface area contributed by atoms with Crippen molar-refractivity contribution in [3.05, 3.63) is 29.8 Å². The Bertz CT molecular complexity index is 320. The van der Waals surface area contributed by atoms with Gasteiger partial charge in [-0.1, -0.05) is 6.92 Å². The molecule has 0 saturated heterocycles. The summed E-state index contributed by atoms with van der Waals surface area (Å²) in [6.07, 6.45) is -3.32. The van der Waals surface area contributed by atoms with E-state index in [1.807, 2.05) is 6.92 Å². The van der Waals surface area contributed by atoms with Crippen molar-refractivity contribution in [1.29, 1.82) is 0 Å². The lowest BCUT2D eigenvalue weighted by Crippen LogP contribution is -2.17. The smallest absolute Gasteiger partial charge is 0.385 e. The molecule has 5 heteroatoms. The topological polar surface area (TPSA) is 24.1 Å². The zero-order chi connectivity index (χ0) is 12.7. The van der Waals surface area contributed by atoms with Crippen molar-refractivity contribution in [2.75, 3.05) is 25.0 Å². The zero-order valence-electron chi connectivity index (χ0n) is 9.77. The van der Waals surface area contributed by atoms with Gasteiger partial charge in [-0.15, -0.1) is 0 Å². The molecule has 2 N–H and O–H groups in total. The number of benzene rings is 1. The number of alkyl halides is 3. The lowest BCUT2D eigenvalue weighted by molar-refractivity contribution is -0.137. The Balaban J connectivity index is 2.36. The van der Waals surface area contributed by atoms with Gasteiger partial charge in [-0.3, -0.25) is 0 Å². The van der Waals surface area contributed by atoms with Crippen molar-refractivity contribution in [2.45, 2.75) is 19.5 Å². The Labute approximate surface area is 99.2 Å². The standard InChI is InChI=1S/C12H17F3N2/c1-2-16-8-3-9-17-11-6-4-10(5-7-11)12(13,14)15/h4-7,16-17H,2-3,8-9H2,1H3. The average molecular weight is 246 g/mol. The summed E-state index contributed by atoms with van der Waals surface area (Å²) in [7, 11) is 0. The summed E-state index contributed by atoms with van der Waals surface area (Å²) in [5, 5.41) is 6.25. The SMILES string of the molecule is CCNCCCNc1ccc(C(F)(F)F)cc1. The first-order valence-electron chi connectivity index (χ1n) is 5.66. The maximum atomic E-state index is 12.3.